The highest BCUT2D eigenvalue weighted by Crippen LogP contribution is 2.23. The Morgan fingerprint density at radius 1 is 0.895 bits per heavy atom. The lowest BCUT2D eigenvalue weighted by Crippen LogP contribution is -2.36. The van der Waals surface area contributed by atoms with Gasteiger partial charge in [-0.05, 0) is 24.3 Å². The van der Waals surface area contributed by atoms with Crippen LogP contribution in [-0.4, -0.2) is 27.6 Å². The van der Waals surface area contributed by atoms with Crippen LogP contribution in [0.1, 0.15) is 31.1 Å². The number of hydrogen-bond donors (Lipinski definition) is 0. The number of fused-ring (bicyclic) bond motifs is 1. The van der Waals surface area contributed by atoms with E-state index in [1.807, 2.05) is 0 Å². The summed E-state index contributed by atoms with van der Waals surface area (Å²) in [4.78, 5) is 40.8. The summed E-state index contributed by atoms with van der Waals surface area (Å²) in [5, 5.41) is 0. The first-order valence-electron chi connectivity index (χ1n) is 5.62. The Morgan fingerprint density at radius 2 is 1.42 bits per heavy atom. The van der Waals surface area contributed by atoms with Crippen LogP contribution in [0.25, 0.3) is 0 Å². The van der Waals surface area contributed by atoms with Crippen molar-refractivity contribution in [3.63, 3.8) is 0 Å². The molecule has 0 N–H and O–H groups in total. The minimum Gasteiger partial charge on any atom is -0.268 e. The first-order chi connectivity index (χ1) is 9.20. The van der Waals surface area contributed by atoms with Crippen LogP contribution in [-0.2, 0) is 0 Å². The zero-order valence-electron chi connectivity index (χ0n) is 9.74. The molecule has 0 fully saturated rings. The van der Waals surface area contributed by atoms with Gasteiger partial charge in [0.05, 0.1) is 11.1 Å². The Kier molecular flexibility index (Phi) is 2.45. The molecule has 3 amide bonds. The molecule has 2 aromatic rings. The fourth-order valence-corrected chi connectivity index (χ4v) is 2.00. The highest BCUT2D eigenvalue weighted by atomic mass is 16.2. The number of pyridine rings is 1. The second-order valence-corrected chi connectivity index (χ2v) is 4.03. The van der Waals surface area contributed by atoms with E-state index in [0.29, 0.717) is 4.90 Å². The van der Waals surface area contributed by atoms with Crippen molar-refractivity contribution in [2.24, 2.45) is 0 Å². The first-order valence-corrected chi connectivity index (χ1v) is 5.62. The van der Waals surface area contributed by atoms with Gasteiger partial charge in [0.15, 0.2) is 0 Å². The van der Waals surface area contributed by atoms with Gasteiger partial charge in [0.2, 0.25) is 0 Å². The first kappa shape index (κ1) is 11.3. The van der Waals surface area contributed by atoms with Gasteiger partial charge in [-0.25, -0.2) is 4.90 Å². The molecular weight excluding hydrogens is 244 g/mol. The van der Waals surface area contributed by atoms with Crippen molar-refractivity contribution in [1.82, 2.24) is 9.88 Å². The van der Waals surface area contributed by atoms with Crippen LogP contribution >= 0.6 is 0 Å². The molecule has 1 aromatic heterocycles. The summed E-state index contributed by atoms with van der Waals surface area (Å²) < 4.78 is 0. The van der Waals surface area contributed by atoms with Crippen molar-refractivity contribution >= 4 is 17.7 Å². The molecule has 0 atom stereocenters. The van der Waals surface area contributed by atoms with Gasteiger partial charge in [0.1, 0.15) is 0 Å². The lowest BCUT2D eigenvalue weighted by molar-refractivity contribution is 0.0566. The average Bonchev–Trinajstić information content (AvgIpc) is 2.72. The van der Waals surface area contributed by atoms with Gasteiger partial charge < -0.3 is 0 Å². The second-order valence-electron chi connectivity index (χ2n) is 4.03. The quantitative estimate of drug-likeness (QED) is 0.721. The van der Waals surface area contributed by atoms with E-state index < -0.39 is 17.7 Å². The zero-order chi connectivity index (χ0) is 13.4. The third-order valence-corrected chi connectivity index (χ3v) is 2.92. The maximum Gasteiger partial charge on any atom is 0.268 e. The number of imide groups is 3. The lowest BCUT2D eigenvalue weighted by atomic mass is 10.1. The van der Waals surface area contributed by atoms with E-state index in [0.717, 1.165) is 0 Å². The molecule has 1 aliphatic heterocycles. The number of carbonyl (C=O) groups excluding carboxylic acids is 3. The van der Waals surface area contributed by atoms with Gasteiger partial charge in [-0.1, -0.05) is 12.1 Å². The van der Waals surface area contributed by atoms with Crippen LogP contribution < -0.4 is 0 Å². The zero-order valence-corrected chi connectivity index (χ0v) is 9.74. The summed E-state index contributed by atoms with van der Waals surface area (Å²) in [6.45, 7) is 0. The van der Waals surface area contributed by atoms with Crippen LogP contribution in [0.2, 0.25) is 0 Å². The van der Waals surface area contributed by atoms with E-state index in [1.165, 1.54) is 36.7 Å². The number of carbonyl (C=O) groups is 3. The van der Waals surface area contributed by atoms with Crippen molar-refractivity contribution in [3.05, 3.63) is 65.5 Å². The molecule has 0 spiro atoms. The molecule has 5 heteroatoms. The molecular formula is C14H8N2O3. The van der Waals surface area contributed by atoms with Crippen molar-refractivity contribution in [2.45, 2.75) is 0 Å². The topological polar surface area (TPSA) is 67.3 Å². The summed E-state index contributed by atoms with van der Waals surface area (Å²) >= 11 is 0. The largest absolute Gasteiger partial charge is 0.268 e. The van der Waals surface area contributed by atoms with Crippen LogP contribution in [0.15, 0.2) is 48.8 Å². The van der Waals surface area contributed by atoms with Gasteiger partial charge in [-0.2, -0.15) is 0 Å². The molecule has 5 nitrogen and oxygen atoms in total. The number of rotatable bonds is 1. The van der Waals surface area contributed by atoms with Crippen molar-refractivity contribution in [3.8, 4) is 0 Å². The van der Waals surface area contributed by atoms with E-state index in [9.17, 15) is 14.4 Å². The predicted octanol–water partition coefficient (Wildman–Crippen LogP) is 1.52. The molecule has 0 unspecified atom stereocenters. The number of hydrogen-bond acceptors (Lipinski definition) is 4. The molecule has 0 bridgehead atoms. The smallest absolute Gasteiger partial charge is 0.268 e. The standard InChI is InChI=1S/C14H8N2O3/c17-12(9-5-7-15-8-6-9)16-13(18)10-3-1-2-4-11(10)14(16)19/h1-8H. The Bertz CT molecular complexity index is 660. The van der Waals surface area contributed by atoms with E-state index in [1.54, 1.807) is 12.1 Å². The summed E-state index contributed by atoms with van der Waals surface area (Å²) in [5.41, 5.74) is 0.773. The molecule has 0 saturated carbocycles. The normalized spacial score (nSPS) is 13.6. The summed E-state index contributed by atoms with van der Waals surface area (Å²) in [6.07, 6.45) is 2.87. The molecule has 0 aliphatic carbocycles. The Morgan fingerprint density at radius 3 is 1.95 bits per heavy atom. The van der Waals surface area contributed by atoms with E-state index >= 15 is 0 Å². The molecule has 0 saturated heterocycles. The Hall–Kier alpha value is -2.82. The monoisotopic (exact) mass is 252 g/mol. The summed E-state index contributed by atoms with van der Waals surface area (Å²) in [5.74, 6) is -1.79. The number of aromatic nitrogens is 1. The molecule has 0 radical (unpaired) electrons. The minimum absolute atomic E-state index is 0.254. The van der Waals surface area contributed by atoms with E-state index in [4.69, 9.17) is 0 Å². The van der Waals surface area contributed by atoms with Gasteiger partial charge in [0, 0.05) is 18.0 Å². The summed E-state index contributed by atoms with van der Waals surface area (Å²) in [7, 11) is 0. The number of nitrogens with zero attached hydrogens (tertiary/aromatic N) is 2. The van der Waals surface area contributed by atoms with Gasteiger partial charge in [0.25, 0.3) is 17.7 Å². The third-order valence-electron chi connectivity index (χ3n) is 2.92. The number of benzene rings is 1. The number of amides is 3. The van der Waals surface area contributed by atoms with Crippen molar-refractivity contribution < 1.29 is 14.4 Å². The Labute approximate surface area is 108 Å². The maximum atomic E-state index is 12.2. The van der Waals surface area contributed by atoms with Crippen LogP contribution in [0.3, 0.4) is 0 Å². The molecule has 1 aliphatic rings. The fourth-order valence-electron chi connectivity index (χ4n) is 2.00. The SMILES string of the molecule is O=C(c1ccncc1)N1C(=O)c2ccccc2C1=O. The van der Waals surface area contributed by atoms with Gasteiger partial charge in [-0.3, -0.25) is 19.4 Å². The Balaban J connectivity index is 2.03. The lowest BCUT2D eigenvalue weighted by Gasteiger charge is -2.11. The minimum atomic E-state index is -0.631. The fraction of sp³-hybridized carbons (Fsp3) is 0. The third kappa shape index (κ3) is 1.63. The molecule has 3 rings (SSSR count). The van der Waals surface area contributed by atoms with Crippen molar-refractivity contribution in [2.75, 3.05) is 0 Å². The predicted molar refractivity (Wildman–Crippen MR) is 65.5 cm³/mol. The molecule has 92 valence electrons. The van der Waals surface area contributed by atoms with E-state index in [-0.39, 0.29) is 16.7 Å². The molecule has 1 aromatic carbocycles. The van der Waals surface area contributed by atoms with Crippen LogP contribution in [0.4, 0.5) is 0 Å². The van der Waals surface area contributed by atoms with E-state index in [2.05, 4.69) is 4.98 Å². The maximum absolute atomic E-state index is 12.2. The molecule has 2 heterocycles. The highest BCUT2D eigenvalue weighted by molar-refractivity contribution is 6.31. The van der Waals surface area contributed by atoms with Gasteiger partial charge in [-0.15, -0.1) is 0 Å². The highest BCUT2D eigenvalue weighted by Gasteiger charge is 2.39. The van der Waals surface area contributed by atoms with Crippen LogP contribution in [0.5, 0.6) is 0 Å². The molecule has 19 heavy (non-hydrogen) atoms. The summed E-state index contributed by atoms with van der Waals surface area (Å²) in [6, 6.07) is 9.32. The van der Waals surface area contributed by atoms with Gasteiger partial charge >= 0.3 is 0 Å². The average molecular weight is 252 g/mol. The second kappa shape index (κ2) is 4.13. The van der Waals surface area contributed by atoms with Crippen LogP contribution in [0, 0.1) is 0 Å². The van der Waals surface area contributed by atoms with Crippen molar-refractivity contribution in [1.29, 1.82) is 0 Å².